The number of aromatic nitrogens is 1. The van der Waals surface area contributed by atoms with Gasteiger partial charge in [-0.05, 0) is 31.0 Å². The predicted molar refractivity (Wildman–Crippen MR) is 123 cm³/mol. The Hall–Kier alpha value is -3.99. The van der Waals surface area contributed by atoms with Gasteiger partial charge in [0, 0.05) is 37.5 Å². The molecule has 36 heavy (non-hydrogen) atoms. The van der Waals surface area contributed by atoms with Crippen LogP contribution < -0.4 is 10.7 Å². The predicted octanol–water partition coefficient (Wildman–Crippen LogP) is 2.43. The fourth-order valence-corrected chi connectivity index (χ4v) is 4.76. The van der Waals surface area contributed by atoms with Gasteiger partial charge in [-0.2, -0.15) is 0 Å². The van der Waals surface area contributed by atoms with E-state index in [0.717, 1.165) is 24.7 Å². The summed E-state index contributed by atoms with van der Waals surface area (Å²) in [6.45, 7) is 1.59. The van der Waals surface area contributed by atoms with Crippen LogP contribution in [0.1, 0.15) is 45.0 Å². The lowest BCUT2D eigenvalue weighted by molar-refractivity contribution is 0.0169. The summed E-state index contributed by atoms with van der Waals surface area (Å²) in [6.07, 6.45) is 4.08. The van der Waals surface area contributed by atoms with Gasteiger partial charge in [0.25, 0.3) is 11.8 Å². The van der Waals surface area contributed by atoms with Crippen molar-refractivity contribution in [2.24, 2.45) is 0 Å². The average Bonchev–Trinajstić information content (AvgIpc) is 3.28. The number of nitrogens with zero attached hydrogens (tertiary/aromatic N) is 3. The first-order valence-corrected chi connectivity index (χ1v) is 11.6. The van der Waals surface area contributed by atoms with Crippen LogP contribution in [-0.4, -0.2) is 50.5 Å². The zero-order chi connectivity index (χ0) is 25.4. The van der Waals surface area contributed by atoms with Crippen molar-refractivity contribution >= 4 is 11.8 Å². The van der Waals surface area contributed by atoms with Crippen molar-refractivity contribution in [2.75, 3.05) is 13.1 Å². The number of aromatic hydroxyl groups is 1. The Morgan fingerprint density at radius 1 is 1.17 bits per heavy atom. The summed E-state index contributed by atoms with van der Waals surface area (Å²) in [5.74, 6) is -2.99. The zero-order valence-corrected chi connectivity index (χ0v) is 19.2. The number of carbonyl (C=O) groups excluding carboxylic acids is 2. The van der Waals surface area contributed by atoms with Crippen molar-refractivity contribution in [1.82, 2.24) is 19.7 Å². The highest BCUT2D eigenvalue weighted by atomic mass is 19.1. The normalized spacial score (nSPS) is 17.9. The maximum atomic E-state index is 13.9. The minimum absolute atomic E-state index is 0.0323. The third-order valence-corrected chi connectivity index (χ3v) is 6.59. The number of hydrogen-bond acceptors (Lipinski definition) is 6. The fourth-order valence-electron chi connectivity index (χ4n) is 4.76. The van der Waals surface area contributed by atoms with Crippen molar-refractivity contribution in [1.29, 1.82) is 0 Å². The van der Waals surface area contributed by atoms with Crippen molar-refractivity contribution in [3.63, 3.8) is 0 Å². The number of fused-ring (bicyclic) bond motifs is 2. The van der Waals surface area contributed by atoms with Crippen molar-refractivity contribution < 1.29 is 27.9 Å². The number of amides is 2. The quantitative estimate of drug-likeness (QED) is 0.560. The van der Waals surface area contributed by atoms with E-state index in [1.165, 1.54) is 16.8 Å². The third-order valence-electron chi connectivity index (χ3n) is 6.59. The van der Waals surface area contributed by atoms with Gasteiger partial charge in [-0.15, -0.1) is 0 Å². The highest BCUT2D eigenvalue weighted by molar-refractivity contribution is 5.99. The molecule has 9 nitrogen and oxygen atoms in total. The maximum absolute atomic E-state index is 13.9. The minimum atomic E-state index is -0.993. The number of rotatable bonds is 5. The molecule has 2 aromatic heterocycles. The molecule has 2 N–H and O–H groups in total. The molecule has 1 unspecified atom stereocenters. The number of hydrogen-bond donors (Lipinski definition) is 2. The molecule has 0 aliphatic carbocycles. The summed E-state index contributed by atoms with van der Waals surface area (Å²) in [4.78, 5) is 42.7. The molecule has 0 bridgehead atoms. The first-order valence-electron chi connectivity index (χ1n) is 11.6. The largest absolute Gasteiger partial charge is 0.503 e. The highest BCUT2D eigenvalue weighted by Gasteiger charge is 2.40. The van der Waals surface area contributed by atoms with Gasteiger partial charge in [0.2, 0.25) is 5.43 Å². The first kappa shape index (κ1) is 23.7. The lowest BCUT2D eigenvalue weighted by atomic mass is 10.1. The summed E-state index contributed by atoms with van der Waals surface area (Å²) in [6, 6.07) is 6.58. The average molecular weight is 498 g/mol. The van der Waals surface area contributed by atoms with Gasteiger partial charge in [0.1, 0.15) is 29.1 Å². The van der Waals surface area contributed by atoms with Gasteiger partial charge in [-0.1, -0.05) is 6.07 Å². The van der Waals surface area contributed by atoms with Crippen LogP contribution in [0.2, 0.25) is 0 Å². The third kappa shape index (κ3) is 4.37. The molecule has 0 radical (unpaired) electrons. The van der Waals surface area contributed by atoms with Gasteiger partial charge in [-0.25, -0.2) is 8.78 Å². The van der Waals surface area contributed by atoms with Crippen LogP contribution in [0.3, 0.4) is 0 Å². The Kier molecular flexibility index (Phi) is 6.31. The lowest BCUT2D eigenvalue weighted by Gasteiger charge is -2.41. The number of nitrogens with one attached hydrogen (secondary N) is 1. The highest BCUT2D eigenvalue weighted by Crippen LogP contribution is 2.28. The topological polar surface area (TPSA) is 108 Å². The van der Waals surface area contributed by atoms with E-state index < -0.39 is 34.6 Å². The monoisotopic (exact) mass is 498 g/mol. The summed E-state index contributed by atoms with van der Waals surface area (Å²) in [5, 5.41) is 13.1. The number of furan rings is 1. The Bertz CT molecular complexity index is 1370. The van der Waals surface area contributed by atoms with E-state index in [-0.39, 0.29) is 36.1 Å². The SMILES string of the molecule is O=C(NCc1ccc(F)cc1F)c1cn2c(c(O)c1=O)C(=O)N1CCCCN(Cc3ccco3)C1C2. The van der Waals surface area contributed by atoms with Gasteiger partial charge in [0.05, 0.1) is 19.4 Å². The van der Waals surface area contributed by atoms with Crippen molar-refractivity contribution in [3.8, 4) is 5.75 Å². The van der Waals surface area contributed by atoms with Crippen LogP contribution >= 0.6 is 0 Å². The minimum Gasteiger partial charge on any atom is -0.503 e. The molecule has 1 fully saturated rings. The van der Waals surface area contributed by atoms with Crippen LogP contribution in [0.4, 0.5) is 8.78 Å². The van der Waals surface area contributed by atoms with E-state index in [0.29, 0.717) is 25.7 Å². The van der Waals surface area contributed by atoms with E-state index in [1.807, 2.05) is 6.07 Å². The molecule has 0 saturated carbocycles. The van der Waals surface area contributed by atoms with E-state index in [1.54, 1.807) is 17.2 Å². The van der Waals surface area contributed by atoms with Crippen LogP contribution in [0.25, 0.3) is 0 Å². The first-order chi connectivity index (χ1) is 17.3. The number of halogens is 2. The number of pyridine rings is 1. The molecule has 5 rings (SSSR count). The van der Waals surface area contributed by atoms with Crippen molar-refractivity contribution in [3.05, 3.63) is 87.2 Å². The molecule has 4 heterocycles. The molecule has 188 valence electrons. The molecule has 1 atom stereocenters. The molecular formula is C25H24F2N4O5. The summed E-state index contributed by atoms with van der Waals surface area (Å²) in [7, 11) is 0. The summed E-state index contributed by atoms with van der Waals surface area (Å²) >= 11 is 0. The van der Waals surface area contributed by atoms with Crippen LogP contribution in [0, 0.1) is 11.6 Å². The maximum Gasteiger partial charge on any atom is 0.275 e. The van der Waals surface area contributed by atoms with Crippen LogP contribution in [-0.2, 0) is 19.6 Å². The number of carbonyl (C=O) groups is 2. The number of benzene rings is 1. The Labute approximate surface area is 204 Å². The van der Waals surface area contributed by atoms with Gasteiger partial charge in [-0.3, -0.25) is 19.3 Å². The molecule has 1 aromatic carbocycles. The Morgan fingerprint density at radius 3 is 2.72 bits per heavy atom. The second-order valence-corrected chi connectivity index (χ2v) is 8.88. The van der Waals surface area contributed by atoms with Crippen molar-refractivity contribution in [2.45, 2.75) is 38.6 Å². The van der Waals surface area contributed by atoms with E-state index in [2.05, 4.69) is 10.2 Å². The molecule has 3 aromatic rings. The molecule has 2 amide bonds. The Morgan fingerprint density at radius 2 is 1.97 bits per heavy atom. The fraction of sp³-hybridized carbons (Fsp3) is 0.320. The van der Waals surface area contributed by atoms with E-state index >= 15 is 0 Å². The van der Waals surface area contributed by atoms with E-state index in [4.69, 9.17) is 4.42 Å². The van der Waals surface area contributed by atoms with Crippen LogP contribution in [0.15, 0.2) is 52.0 Å². The summed E-state index contributed by atoms with van der Waals surface area (Å²) in [5.41, 5.74) is -1.51. The standard InChI is InChI=1S/C25H24F2N4O5/c26-16-6-5-15(19(27)10-16)11-28-24(34)18-13-30-14-20-29(12-17-4-3-9-36-17)7-1-2-8-31(20)25(35)21(30)23(33)22(18)32/h3-6,9-10,13,20,33H,1-2,7-8,11-12,14H2,(H,28,34). The van der Waals surface area contributed by atoms with Crippen LogP contribution in [0.5, 0.6) is 5.75 Å². The van der Waals surface area contributed by atoms with Gasteiger partial charge >= 0.3 is 0 Å². The zero-order valence-electron chi connectivity index (χ0n) is 19.2. The second kappa shape index (κ2) is 9.57. The van der Waals surface area contributed by atoms with Gasteiger partial charge < -0.3 is 24.3 Å². The molecule has 1 saturated heterocycles. The molecular weight excluding hydrogens is 474 g/mol. The summed E-state index contributed by atoms with van der Waals surface area (Å²) < 4.78 is 34.0. The molecule has 2 aliphatic heterocycles. The molecule has 11 heteroatoms. The lowest BCUT2D eigenvalue weighted by Crippen LogP contribution is -2.56. The van der Waals surface area contributed by atoms with Gasteiger partial charge in [0.15, 0.2) is 11.4 Å². The molecule has 0 spiro atoms. The van der Waals surface area contributed by atoms with E-state index in [9.17, 15) is 28.3 Å². The second-order valence-electron chi connectivity index (χ2n) is 8.88. The molecule has 2 aliphatic rings. The smallest absolute Gasteiger partial charge is 0.275 e. The Balaban J connectivity index is 1.44.